The first-order valence-corrected chi connectivity index (χ1v) is 6.54. The molecule has 1 heterocycles. The molecule has 2 N–H and O–H groups in total. The third kappa shape index (κ3) is 3.55. The molecule has 0 saturated carbocycles. The van der Waals surface area contributed by atoms with Gasteiger partial charge in [-0.15, -0.1) is 0 Å². The van der Waals surface area contributed by atoms with Gasteiger partial charge in [0.1, 0.15) is 0 Å². The number of aromatic nitrogens is 2. The van der Waals surface area contributed by atoms with E-state index in [1.165, 1.54) is 0 Å². The Morgan fingerprint density at radius 3 is 2.60 bits per heavy atom. The van der Waals surface area contributed by atoms with Gasteiger partial charge >= 0.3 is 0 Å². The normalized spacial score (nSPS) is 12.4. The van der Waals surface area contributed by atoms with Gasteiger partial charge in [0.15, 0.2) is 0 Å². The SMILES string of the molecule is CNCC(O)CN(C)c1ccc(-c2noc(C)n2)cc1. The monoisotopic (exact) mass is 276 g/mol. The summed E-state index contributed by atoms with van der Waals surface area (Å²) in [6.45, 7) is 2.91. The van der Waals surface area contributed by atoms with Crippen LogP contribution in [-0.4, -0.2) is 48.5 Å². The highest BCUT2D eigenvalue weighted by Gasteiger charge is 2.09. The largest absolute Gasteiger partial charge is 0.390 e. The fraction of sp³-hybridized carbons (Fsp3) is 0.429. The molecule has 0 amide bonds. The van der Waals surface area contributed by atoms with E-state index in [1.54, 1.807) is 6.92 Å². The van der Waals surface area contributed by atoms with Crippen LogP contribution in [0.4, 0.5) is 5.69 Å². The number of aryl methyl sites for hydroxylation is 1. The van der Waals surface area contributed by atoms with E-state index < -0.39 is 6.10 Å². The second kappa shape index (κ2) is 6.49. The standard InChI is InChI=1S/C14H20N4O2/c1-10-16-14(17-20-10)11-4-6-12(7-5-11)18(3)9-13(19)8-15-2/h4-7,13,15,19H,8-9H2,1-3H3. The van der Waals surface area contributed by atoms with Crippen molar-refractivity contribution >= 4 is 5.69 Å². The molecular formula is C14H20N4O2. The zero-order valence-corrected chi connectivity index (χ0v) is 12.0. The lowest BCUT2D eigenvalue weighted by atomic mass is 10.2. The Hall–Kier alpha value is -1.92. The van der Waals surface area contributed by atoms with Crippen LogP contribution in [0.1, 0.15) is 5.89 Å². The first-order chi connectivity index (χ1) is 9.60. The summed E-state index contributed by atoms with van der Waals surface area (Å²) in [5, 5.41) is 16.6. The van der Waals surface area contributed by atoms with Gasteiger partial charge in [0.05, 0.1) is 6.10 Å². The molecule has 1 aromatic heterocycles. The van der Waals surface area contributed by atoms with Crippen LogP contribution in [0.3, 0.4) is 0 Å². The third-order valence-electron chi connectivity index (χ3n) is 3.02. The van der Waals surface area contributed by atoms with Gasteiger partial charge in [-0.3, -0.25) is 0 Å². The minimum atomic E-state index is -0.399. The Morgan fingerprint density at radius 2 is 2.05 bits per heavy atom. The number of nitrogens with zero attached hydrogens (tertiary/aromatic N) is 3. The summed E-state index contributed by atoms with van der Waals surface area (Å²) in [7, 11) is 3.78. The molecule has 6 nitrogen and oxygen atoms in total. The van der Waals surface area contributed by atoms with Crippen molar-refractivity contribution in [3.8, 4) is 11.4 Å². The molecule has 1 aromatic carbocycles. The number of nitrogens with one attached hydrogen (secondary N) is 1. The summed E-state index contributed by atoms with van der Waals surface area (Å²) >= 11 is 0. The smallest absolute Gasteiger partial charge is 0.223 e. The maximum absolute atomic E-state index is 9.78. The van der Waals surface area contributed by atoms with Gasteiger partial charge in [0.2, 0.25) is 11.7 Å². The van der Waals surface area contributed by atoms with E-state index in [-0.39, 0.29) is 0 Å². The van der Waals surface area contributed by atoms with Crippen LogP contribution in [0.15, 0.2) is 28.8 Å². The van der Waals surface area contributed by atoms with E-state index in [9.17, 15) is 5.11 Å². The Balaban J connectivity index is 2.04. The van der Waals surface area contributed by atoms with Crippen LogP contribution in [0.5, 0.6) is 0 Å². The number of hydrogen-bond donors (Lipinski definition) is 2. The van der Waals surface area contributed by atoms with Crippen LogP contribution in [0.2, 0.25) is 0 Å². The topological polar surface area (TPSA) is 74.4 Å². The Kier molecular flexibility index (Phi) is 4.70. The van der Waals surface area contributed by atoms with Crippen molar-refractivity contribution in [1.82, 2.24) is 15.5 Å². The number of aliphatic hydroxyl groups excluding tert-OH is 1. The molecule has 0 saturated heterocycles. The molecule has 0 bridgehead atoms. The molecule has 2 rings (SSSR count). The lowest BCUT2D eigenvalue weighted by molar-refractivity contribution is 0.181. The number of rotatable bonds is 6. The van der Waals surface area contributed by atoms with Crippen LogP contribution in [-0.2, 0) is 0 Å². The Labute approximate surface area is 118 Å². The molecule has 0 aliphatic carbocycles. The van der Waals surface area contributed by atoms with Crippen molar-refractivity contribution in [2.75, 3.05) is 32.1 Å². The van der Waals surface area contributed by atoms with Crippen LogP contribution < -0.4 is 10.2 Å². The number of benzene rings is 1. The lowest BCUT2D eigenvalue weighted by Crippen LogP contribution is -2.35. The lowest BCUT2D eigenvalue weighted by Gasteiger charge is -2.22. The molecule has 0 aliphatic heterocycles. The average Bonchev–Trinajstić information content (AvgIpc) is 2.86. The van der Waals surface area contributed by atoms with E-state index >= 15 is 0 Å². The van der Waals surface area contributed by atoms with Crippen molar-refractivity contribution < 1.29 is 9.63 Å². The predicted molar refractivity (Wildman–Crippen MR) is 77.7 cm³/mol. The average molecular weight is 276 g/mol. The summed E-state index contributed by atoms with van der Waals surface area (Å²) in [6, 6.07) is 7.85. The highest BCUT2D eigenvalue weighted by atomic mass is 16.5. The van der Waals surface area contributed by atoms with Gasteiger partial charge in [-0.1, -0.05) is 5.16 Å². The van der Waals surface area contributed by atoms with E-state index in [0.717, 1.165) is 11.3 Å². The molecule has 108 valence electrons. The molecule has 0 fully saturated rings. The fourth-order valence-electron chi connectivity index (χ4n) is 2.00. The quantitative estimate of drug-likeness (QED) is 0.822. The zero-order chi connectivity index (χ0) is 14.5. The van der Waals surface area contributed by atoms with Crippen LogP contribution in [0, 0.1) is 6.92 Å². The maximum Gasteiger partial charge on any atom is 0.223 e. The number of anilines is 1. The van der Waals surface area contributed by atoms with Crippen molar-refractivity contribution in [2.24, 2.45) is 0 Å². The number of aliphatic hydroxyl groups is 1. The predicted octanol–water partition coefficient (Wildman–Crippen LogP) is 1.06. The molecule has 20 heavy (non-hydrogen) atoms. The van der Waals surface area contributed by atoms with Gasteiger partial charge in [0, 0.05) is 38.3 Å². The van der Waals surface area contributed by atoms with Gasteiger partial charge in [-0.05, 0) is 31.3 Å². The summed E-state index contributed by atoms with van der Waals surface area (Å²) < 4.78 is 4.96. The molecule has 0 spiro atoms. The van der Waals surface area contributed by atoms with Crippen molar-refractivity contribution in [1.29, 1.82) is 0 Å². The molecule has 0 radical (unpaired) electrons. The third-order valence-corrected chi connectivity index (χ3v) is 3.02. The first-order valence-electron chi connectivity index (χ1n) is 6.54. The van der Waals surface area contributed by atoms with Crippen LogP contribution >= 0.6 is 0 Å². The fourth-order valence-corrected chi connectivity index (χ4v) is 2.00. The molecule has 1 atom stereocenters. The molecule has 1 unspecified atom stereocenters. The molecule has 2 aromatic rings. The molecule has 6 heteroatoms. The van der Waals surface area contributed by atoms with Gasteiger partial charge in [-0.25, -0.2) is 0 Å². The minimum absolute atomic E-state index is 0.399. The van der Waals surface area contributed by atoms with E-state index in [1.807, 2.05) is 43.3 Å². The van der Waals surface area contributed by atoms with Gasteiger partial charge < -0.3 is 19.8 Å². The first kappa shape index (κ1) is 14.5. The van der Waals surface area contributed by atoms with Crippen molar-refractivity contribution in [3.05, 3.63) is 30.2 Å². The highest BCUT2D eigenvalue weighted by Crippen LogP contribution is 2.20. The van der Waals surface area contributed by atoms with E-state index in [0.29, 0.717) is 24.8 Å². The van der Waals surface area contributed by atoms with E-state index in [4.69, 9.17) is 4.52 Å². The van der Waals surface area contributed by atoms with Gasteiger partial charge in [-0.2, -0.15) is 4.98 Å². The van der Waals surface area contributed by atoms with Crippen molar-refractivity contribution in [3.63, 3.8) is 0 Å². The Morgan fingerprint density at radius 1 is 1.35 bits per heavy atom. The molecule has 0 aliphatic rings. The second-order valence-corrected chi connectivity index (χ2v) is 4.78. The van der Waals surface area contributed by atoms with Crippen LogP contribution in [0.25, 0.3) is 11.4 Å². The summed E-state index contributed by atoms with van der Waals surface area (Å²) in [6.07, 6.45) is -0.399. The second-order valence-electron chi connectivity index (χ2n) is 4.78. The van der Waals surface area contributed by atoms with E-state index in [2.05, 4.69) is 15.5 Å². The minimum Gasteiger partial charge on any atom is -0.390 e. The number of likely N-dealkylation sites (N-methyl/N-ethyl adjacent to an activating group) is 2. The molecular weight excluding hydrogens is 256 g/mol. The zero-order valence-electron chi connectivity index (χ0n) is 12.0. The Bertz CT molecular complexity index is 538. The van der Waals surface area contributed by atoms with Gasteiger partial charge in [0.25, 0.3) is 0 Å². The summed E-state index contributed by atoms with van der Waals surface area (Å²) in [5.41, 5.74) is 1.94. The highest BCUT2D eigenvalue weighted by molar-refractivity contribution is 5.59. The maximum atomic E-state index is 9.78. The summed E-state index contributed by atoms with van der Waals surface area (Å²) in [4.78, 5) is 6.20. The number of hydrogen-bond acceptors (Lipinski definition) is 6. The summed E-state index contributed by atoms with van der Waals surface area (Å²) in [5.74, 6) is 1.14. The van der Waals surface area contributed by atoms with Crippen molar-refractivity contribution in [2.45, 2.75) is 13.0 Å².